The molecule has 3 aliphatic carbocycles. The van der Waals surface area contributed by atoms with Gasteiger partial charge in [-0.2, -0.15) is 0 Å². The summed E-state index contributed by atoms with van der Waals surface area (Å²) in [6.07, 6.45) is 6.55. The van der Waals surface area contributed by atoms with E-state index in [0.29, 0.717) is 12.6 Å². The van der Waals surface area contributed by atoms with Gasteiger partial charge in [-0.25, -0.2) is 0 Å². The number of hydrogen-bond acceptors (Lipinski definition) is 2. The lowest BCUT2D eigenvalue weighted by molar-refractivity contribution is -0.132. The van der Waals surface area contributed by atoms with E-state index >= 15 is 0 Å². The summed E-state index contributed by atoms with van der Waals surface area (Å²) >= 11 is 0. The number of carbonyl (C=O) groups is 1. The van der Waals surface area contributed by atoms with Gasteiger partial charge in [-0.3, -0.25) is 4.79 Å². The van der Waals surface area contributed by atoms with Crippen LogP contribution in [-0.4, -0.2) is 24.7 Å². The quantitative estimate of drug-likeness (QED) is 0.833. The van der Waals surface area contributed by atoms with Gasteiger partial charge in [0.05, 0.1) is 0 Å². The SMILES string of the molecule is CCO[C@H](C)C(=O)N[C@@H]1C[C@H]2C[C@H]1[C@@H]1CCC[C@@H]21. The predicted molar refractivity (Wildman–Crippen MR) is 70.1 cm³/mol. The molecule has 0 radical (unpaired) electrons. The van der Waals surface area contributed by atoms with Gasteiger partial charge in [-0.1, -0.05) is 6.42 Å². The number of amides is 1. The minimum absolute atomic E-state index is 0.0870. The van der Waals surface area contributed by atoms with E-state index in [2.05, 4.69) is 5.32 Å². The molecule has 0 heterocycles. The maximum absolute atomic E-state index is 12.0. The van der Waals surface area contributed by atoms with E-state index in [-0.39, 0.29) is 12.0 Å². The molecule has 0 unspecified atom stereocenters. The molecule has 3 fully saturated rings. The van der Waals surface area contributed by atoms with Crippen LogP contribution in [0.25, 0.3) is 0 Å². The first-order chi connectivity index (χ1) is 8.70. The third-order valence-corrected chi connectivity index (χ3v) is 5.54. The fraction of sp³-hybridized carbons (Fsp3) is 0.933. The van der Waals surface area contributed by atoms with Gasteiger partial charge in [-0.15, -0.1) is 0 Å². The summed E-state index contributed by atoms with van der Waals surface area (Å²) < 4.78 is 5.37. The smallest absolute Gasteiger partial charge is 0.249 e. The monoisotopic (exact) mass is 251 g/mol. The molecule has 0 saturated heterocycles. The zero-order valence-corrected chi connectivity index (χ0v) is 11.5. The molecule has 2 bridgehead atoms. The van der Waals surface area contributed by atoms with Crippen molar-refractivity contribution in [2.45, 2.75) is 58.1 Å². The van der Waals surface area contributed by atoms with Gasteiger partial charge >= 0.3 is 0 Å². The summed E-state index contributed by atoms with van der Waals surface area (Å²) in [5.41, 5.74) is 0. The van der Waals surface area contributed by atoms with Gasteiger partial charge in [-0.05, 0) is 63.2 Å². The summed E-state index contributed by atoms with van der Waals surface area (Å²) in [6, 6.07) is 0.435. The maximum Gasteiger partial charge on any atom is 0.249 e. The highest BCUT2D eigenvalue weighted by Gasteiger charge is 2.54. The lowest BCUT2D eigenvalue weighted by atomic mass is 9.79. The van der Waals surface area contributed by atoms with Crippen molar-refractivity contribution in [1.82, 2.24) is 5.32 Å². The van der Waals surface area contributed by atoms with E-state index < -0.39 is 0 Å². The molecular formula is C15H25NO2. The van der Waals surface area contributed by atoms with Crippen LogP contribution in [-0.2, 0) is 9.53 Å². The Bertz CT molecular complexity index is 330. The normalized spacial score (nSPS) is 42.9. The van der Waals surface area contributed by atoms with Crippen molar-refractivity contribution in [2.24, 2.45) is 23.7 Å². The Labute approximate surface area is 110 Å². The highest BCUT2D eigenvalue weighted by Crippen LogP contribution is 2.58. The van der Waals surface area contributed by atoms with Gasteiger partial charge in [0.15, 0.2) is 0 Å². The second kappa shape index (κ2) is 4.84. The Morgan fingerprint density at radius 3 is 2.83 bits per heavy atom. The van der Waals surface area contributed by atoms with Crippen molar-refractivity contribution < 1.29 is 9.53 Å². The van der Waals surface area contributed by atoms with Crippen molar-refractivity contribution in [2.75, 3.05) is 6.61 Å². The Morgan fingerprint density at radius 1 is 1.28 bits per heavy atom. The number of ether oxygens (including phenoxy) is 1. The largest absolute Gasteiger partial charge is 0.369 e. The Kier molecular flexibility index (Phi) is 3.35. The topological polar surface area (TPSA) is 38.3 Å². The molecule has 0 spiro atoms. The lowest BCUT2D eigenvalue weighted by Gasteiger charge is -2.32. The first-order valence-electron chi connectivity index (χ1n) is 7.62. The number of hydrogen-bond donors (Lipinski definition) is 1. The molecule has 3 aliphatic rings. The summed E-state index contributed by atoms with van der Waals surface area (Å²) in [6.45, 7) is 4.39. The third-order valence-electron chi connectivity index (χ3n) is 5.54. The third kappa shape index (κ3) is 1.97. The number of fused-ring (bicyclic) bond motifs is 5. The van der Waals surface area contributed by atoms with E-state index in [1.807, 2.05) is 13.8 Å². The summed E-state index contributed by atoms with van der Waals surface area (Å²) in [4.78, 5) is 12.0. The molecule has 0 aliphatic heterocycles. The van der Waals surface area contributed by atoms with Crippen LogP contribution in [0.2, 0.25) is 0 Å². The fourth-order valence-electron chi connectivity index (χ4n) is 4.86. The average molecular weight is 251 g/mol. The molecule has 3 heteroatoms. The van der Waals surface area contributed by atoms with Crippen LogP contribution in [0, 0.1) is 23.7 Å². The van der Waals surface area contributed by atoms with Crippen molar-refractivity contribution >= 4 is 5.91 Å². The molecule has 3 saturated carbocycles. The van der Waals surface area contributed by atoms with Crippen LogP contribution in [0.5, 0.6) is 0 Å². The molecule has 1 amide bonds. The summed E-state index contributed by atoms with van der Waals surface area (Å²) in [5.74, 6) is 3.66. The second-order valence-corrected chi connectivity index (χ2v) is 6.37. The highest BCUT2D eigenvalue weighted by atomic mass is 16.5. The van der Waals surface area contributed by atoms with Crippen LogP contribution in [0.15, 0.2) is 0 Å². The molecule has 3 rings (SSSR count). The van der Waals surface area contributed by atoms with Gasteiger partial charge in [0, 0.05) is 12.6 Å². The van der Waals surface area contributed by atoms with E-state index in [9.17, 15) is 4.79 Å². The first kappa shape index (κ1) is 12.5. The van der Waals surface area contributed by atoms with E-state index in [0.717, 1.165) is 23.7 Å². The predicted octanol–water partition coefficient (Wildman–Crippen LogP) is 2.35. The van der Waals surface area contributed by atoms with E-state index in [1.165, 1.54) is 32.1 Å². The average Bonchev–Trinajstić information content (AvgIpc) is 3.00. The van der Waals surface area contributed by atoms with E-state index in [1.54, 1.807) is 0 Å². The number of rotatable bonds is 4. The molecular weight excluding hydrogens is 226 g/mol. The van der Waals surface area contributed by atoms with Crippen molar-refractivity contribution in [3.8, 4) is 0 Å². The van der Waals surface area contributed by atoms with Crippen LogP contribution in [0.3, 0.4) is 0 Å². The number of nitrogens with one attached hydrogen (secondary N) is 1. The summed E-state index contributed by atoms with van der Waals surface area (Å²) in [7, 11) is 0. The minimum atomic E-state index is -0.298. The zero-order valence-electron chi connectivity index (χ0n) is 11.5. The molecule has 0 aromatic carbocycles. The minimum Gasteiger partial charge on any atom is -0.369 e. The van der Waals surface area contributed by atoms with Crippen LogP contribution >= 0.6 is 0 Å². The Balaban J connectivity index is 1.58. The van der Waals surface area contributed by atoms with Gasteiger partial charge in [0.25, 0.3) is 0 Å². The molecule has 102 valence electrons. The van der Waals surface area contributed by atoms with Crippen molar-refractivity contribution in [3.05, 3.63) is 0 Å². The van der Waals surface area contributed by atoms with Crippen LogP contribution in [0.4, 0.5) is 0 Å². The van der Waals surface area contributed by atoms with Gasteiger partial charge < -0.3 is 10.1 Å². The second-order valence-electron chi connectivity index (χ2n) is 6.37. The molecule has 6 atom stereocenters. The number of carbonyl (C=O) groups excluding carboxylic acids is 1. The van der Waals surface area contributed by atoms with E-state index in [4.69, 9.17) is 4.74 Å². The zero-order chi connectivity index (χ0) is 12.7. The van der Waals surface area contributed by atoms with Gasteiger partial charge in [0.2, 0.25) is 5.91 Å². The molecule has 1 N–H and O–H groups in total. The van der Waals surface area contributed by atoms with Crippen molar-refractivity contribution in [3.63, 3.8) is 0 Å². The van der Waals surface area contributed by atoms with Gasteiger partial charge in [0.1, 0.15) is 6.10 Å². The van der Waals surface area contributed by atoms with Crippen molar-refractivity contribution in [1.29, 1.82) is 0 Å². The Morgan fingerprint density at radius 2 is 2.06 bits per heavy atom. The lowest BCUT2D eigenvalue weighted by Crippen LogP contribution is -2.46. The van der Waals surface area contributed by atoms with Crippen LogP contribution in [0.1, 0.15) is 46.0 Å². The van der Waals surface area contributed by atoms with Crippen LogP contribution < -0.4 is 5.32 Å². The molecule has 3 nitrogen and oxygen atoms in total. The highest BCUT2D eigenvalue weighted by molar-refractivity contribution is 5.80. The first-order valence-corrected chi connectivity index (χ1v) is 7.62. The molecule has 0 aromatic heterocycles. The Hall–Kier alpha value is -0.570. The fourth-order valence-corrected chi connectivity index (χ4v) is 4.86. The summed E-state index contributed by atoms with van der Waals surface area (Å²) in [5, 5.41) is 3.24. The standard InChI is InChI=1S/C15H25NO2/c1-3-18-9(2)15(17)16-14-8-10-7-13(14)12-6-4-5-11(10)12/h9-14H,3-8H2,1-2H3,(H,16,17)/t9-,10-,11+,12-,13+,14-/m1/s1. The maximum atomic E-state index is 12.0. The molecule has 18 heavy (non-hydrogen) atoms. The molecule has 0 aromatic rings.